The van der Waals surface area contributed by atoms with Crippen molar-refractivity contribution in [2.24, 2.45) is 0 Å². The molecule has 0 aliphatic rings. The summed E-state index contributed by atoms with van der Waals surface area (Å²) in [5, 5.41) is 10.4. The minimum atomic E-state index is 0. The molecule has 3 N–H and O–H groups in total. The number of aryl methyl sites for hydroxylation is 1. The van der Waals surface area contributed by atoms with Gasteiger partial charge in [0.1, 0.15) is 0 Å². The number of amides is 1. The van der Waals surface area contributed by atoms with E-state index in [1.165, 1.54) is 0 Å². The number of nitrogens with two attached hydrogens (primary N) is 1. The number of nitrogen functional groups attached to an aromatic ring is 1. The van der Waals surface area contributed by atoms with E-state index < -0.39 is 0 Å². The van der Waals surface area contributed by atoms with Crippen LogP contribution in [0.15, 0.2) is 36.7 Å². The molecular formula is C13H18ClN5O. The van der Waals surface area contributed by atoms with Gasteiger partial charge in [0.05, 0.1) is 12.7 Å². The highest BCUT2D eigenvalue weighted by Crippen LogP contribution is 2.05. The van der Waals surface area contributed by atoms with Gasteiger partial charge in [-0.3, -0.25) is 9.48 Å². The molecule has 108 valence electrons. The van der Waals surface area contributed by atoms with Crippen LogP contribution in [0.1, 0.15) is 12.0 Å². The number of halogens is 1. The third-order valence-corrected chi connectivity index (χ3v) is 2.76. The Balaban J connectivity index is 0.00000200. The van der Waals surface area contributed by atoms with Crippen molar-refractivity contribution in [1.82, 2.24) is 20.3 Å². The van der Waals surface area contributed by atoms with Gasteiger partial charge in [0.25, 0.3) is 0 Å². The van der Waals surface area contributed by atoms with E-state index >= 15 is 0 Å². The second-order valence-electron chi connectivity index (χ2n) is 4.26. The molecule has 7 heteroatoms. The number of anilines is 1. The largest absolute Gasteiger partial charge is 0.399 e. The number of hydrogen-bond donors (Lipinski definition) is 2. The molecule has 1 amide bonds. The lowest BCUT2D eigenvalue weighted by Crippen LogP contribution is -2.26. The molecule has 1 aromatic carbocycles. The average molecular weight is 296 g/mol. The molecule has 0 atom stereocenters. The van der Waals surface area contributed by atoms with Crippen LogP contribution in [0.25, 0.3) is 0 Å². The molecule has 0 aliphatic heterocycles. The van der Waals surface area contributed by atoms with Crippen molar-refractivity contribution in [3.63, 3.8) is 0 Å². The van der Waals surface area contributed by atoms with Crippen LogP contribution >= 0.6 is 12.4 Å². The third-order valence-electron chi connectivity index (χ3n) is 2.76. The van der Waals surface area contributed by atoms with Crippen molar-refractivity contribution in [2.45, 2.75) is 19.4 Å². The summed E-state index contributed by atoms with van der Waals surface area (Å²) in [6, 6.07) is 7.66. The van der Waals surface area contributed by atoms with Crippen LogP contribution in [-0.2, 0) is 17.8 Å². The van der Waals surface area contributed by atoms with E-state index in [0.29, 0.717) is 19.5 Å². The maximum absolute atomic E-state index is 11.6. The van der Waals surface area contributed by atoms with Crippen LogP contribution in [0.4, 0.5) is 5.69 Å². The highest BCUT2D eigenvalue weighted by Gasteiger charge is 2.02. The average Bonchev–Trinajstić information content (AvgIpc) is 2.92. The van der Waals surface area contributed by atoms with Gasteiger partial charge < -0.3 is 11.1 Å². The lowest BCUT2D eigenvalue weighted by atomic mass is 10.1. The van der Waals surface area contributed by atoms with E-state index in [9.17, 15) is 4.79 Å². The first-order valence-corrected chi connectivity index (χ1v) is 6.19. The SMILES string of the molecule is Cl.Nc1ccc(CCNC(=O)CCn2ccnn2)cc1. The van der Waals surface area contributed by atoms with Gasteiger partial charge in [-0.15, -0.1) is 17.5 Å². The van der Waals surface area contributed by atoms with Crippen molar-refractivity contribution < 1.29 is 4.79 Å². The lowest BCUT2D eigenvalue weighted by Gasteiger charge is -2.05. The fourth-order valence-electron chi connectivity index (χ4n) is 1.69. The maximum atomic E-state index is 11.6. The van der Waals surface area contributed by atoms with Crippen LogP contribution in [0.3, 0.4) is 0 Å². The third kappa shape index (κ3) is 5.27. The smallest absolute Gasteiger partial charge is 0.221 e. The maximum Gasteiger partial charge on any atom is 0.221 e. The van der Waals surface area contributed by atoms with E-state index in [4.69, 9.17) is 5.73 Å². The molecule has 0 unspecified atom stereocenters. The van der Waals surface area contributed by atoms with Crippen LogP contribution in [0.5, 0.6) is 0 Å². The first kappa shape index (κ1) is 16.0. The molecule has 2 rings (SSSR count). The van der Waals surface area contributed by atoms with Crippen LogP contribution < -0.4 is 11.1 Å². The molecule has 0 spiro atoms. The number of rotatable bonds is 6. The van der Waals surface area contributed by atoms with Gasteiger partial charge in [0.2, 0.25) is 5.91 Å². The van der Waals surface area contributed by atoms with Crippen LogP contribution in [-0.4, -0.2) is 27.4 Å². The normalized spacial score (nSPS) is 9.80. The number of carbonyl (C=O) groups excluding carboxylic acids is 1. The molecular weight excluding hydrogens is 278 g/mol. The summed E-state index contributed by atoms with van der Waals surface area (Å²) in [7, 11) is 0. The molecule has 20 heavy (non-hydrogen) atoms. The van der Waals surface area contributed by atoms with Crippen LogP contribution in [0.2, 0.25) is 0 Å². The first-order valence-electron chi connectivity index (χ1n) is 6.19. The zero-order valence-corrected chi connectivity index (χ0v) is 11.8. The zero-order chi connectivity index (χ0) is 13.5. The highest BCUT2D eigenvalue weighted by molar-refractivity contribution is 5.85. The van der Waals surface area contributed by atoms with Crippen molar-refractivity contribution in [3.8, 4) is 0 Å². The van der Waals surface area contributed by atoms with Crippen LogP contribution in [0, 0.1) is 0 Å². The van der Waals surface area contributed by atoms with E-state index in [-0.39, 0.29) is 18.3 Å². The first-order chi connectivity index (χ1) is 9.24. The number of nitrogens with one attached hydrogen (secondary N) is 1. The summed E-state index contributed by atoms with van der Waals surface area (Å²) < 4.78 is 1.64. The van der Waals surface area contributed by atoms with E-state index in [0.717, 1.165) is 17.7 Å². The number of nitrogens with zero attached hydrogens (tertiary/aromatic N) is 3. The standard InChI is InChI=1S/C13H17N5O.ClH/c14-12-3-1-11(2-4-12)5-7-15-13(19)6-9-18-10-8-16-17-18;/h1-4,8,10H,5-7,9,14H2,(H,15,19);1H. The summed E-state index contributed by atoms with van der Waals surface area (Å²) in [6.07, 6.45) is 4.54. The van der Waals surface area contributed by atoms with Gasteiger partial charge in [0.15, 0.2) is 0 Å². The number of aromatic nitrogens is 3. The summed E-state index contributed by atoms with van der Waals surface area (Å²) in [5.74, 6) is 0.0194. The van der Waals surface area contributed by atoms with Crippen molar-refractivity contribution in [1.29, 1.82) is 0 Å². The predicted octanol–water partition coefficient (Wildman–Crippen LogP) is 1.03. The van der Waals surface area contributed by atoms with Crippen molar-refractivity contribution in [3.05, 3.63) is 42.2 Å². The molecule has 0 aliphatic carbocycles. The number of hydrogen-bond acceptors (Lipinski definition) is 4. The molecule has 0 radical (unpaired) electrons. The Kier molecular flexibility index (Phi) is 6.52. The Bertz CT molecular complexity index is 512. The topological polar surface area (TPSA) is 85.8 Å². The number of carbonyl (C=O) groups is 1. The summed E-state index contributed by atoms with van der Waals surface area (Å²) in [5.41, 5.74) is 7.52. The Labute approximate surface area is 123 Å². The summed E-state index contributed by atoms with van der Waals surface area (Å²) >= 11 is 0. The highest BCUT2D eigenvalue weighted by atomic mass is 35.5. The molecule has 0 bridgehead atoms. The molecule has 2 aromatic rings. The molecule has 0 saturated heterocycles. The Hall–Kier alpha value is -2.08. The zero-order valence-electron chi connectivity index (χ0n) is 11.0. The minimum absolute atomic E-state index is 0. The second-order valence-corrected chi connectivity index (χ2v) is 4.26. The van der Waals surface area contributed by atoms with Gasteiger partial charge >= 0.3 is 0 Å². The molecule has 1 aromatic heterocycles. The van der Waals surface area contributed by atoms with Crippen molar-refractivity contribution >= 4 is 24.0 Å². The predicted molar refractivity (Wildman–Crippen MR) is 79.5 cm³/mol. The fourth-order valence-corrected chi connectivity index (χ4v) is 1.69. The monoisotopic (exact) mass is 295 g/mol. The van der Waals surface area contributed by atoms with Gasteiger partial charge in [0, 0.05) is 24.8 Å². The molecule has 0 saturated carbocycles. The second kappa shape index (κ2) is 8.16. The quantitative estimate of drug-likeness (QED) is 0.780. The van der Waals surface area contributed by atoms with Gasteiger partial charge in [-0.1, -0.05) is 17.3 Å². The van der Waals surface area contributed by atoms with Crippen molar-refractivity contribution in [2.75, 3.05) is 12.3 Å². The number of benzene rings is 1. The lowest BCUT2D eigenvalue weighted by molar-refractivity contribution is -0.121. The molecule has 1 heterocycles. The van der Waals surface area contributed by atoms with E-state index in [2.05, 4.69) is 15.6 Å². The summed E-state index contributed by atoms with van der Waals surface area (Å²) in [6.45, 7) is 1.17. The minimum Gasteiger partial charge on any atom is -0.399 e. The van der Waals surface area contributed by atoms with Gasteiger partial charge in [-0.2, -0.15) is 0 Å². The van der Waals surface area contributed by atoms with Gasteiger partial charge in [-0.05, 0) is 24.1 Å². The fraction of sp³-hybridized carbons (Fsp3) is 0.308. The van der Waals surface area contributed by atoms with E-state index in [1.54, 1.807) is 17.1 Å². The summed E-state index contributed by atoms with van der Waals surface area (Å²) in [4.78, 5) is 11.6. The Morgan fingerprint density at radius 3 is 2.70 bits per heavy atom. The van der Waals surface area contributed by atoms with Gasteiger partial charge in [-0.25, -0.2) is 0 Å². The van der Waals surface area contributed by atoms with E-state index in [1.807, 2.05) is 24.3 Å². The molecule has 6 nitrogen and oxygen atoms in total. The Morgan fingerprint density at radius 1 is 1.30 bits per heavy atom. The Morgan fingerprint density at radius 2 is 2.05 bits per heavy atom. The molecule has 0 fully saturated rings.